The lowest BCUT2D eigenvalue weighted by Gasteiger charge is -2.23. The van der Waals surface area contributed by atoms with Gasteiger partial charge in [-0.15, -0.1) is 0 Å². The molecular formula is C47H84O44. The Hall–Kier alpha value is -8.96. The molecule has 0 aromatic carbocycles. The molecule has 0 aliphatic rings. The lowest BCUT2D eigenvalue weighted by atomic mass is 9.93. The standard InChI is InChI=1S/3C5H12O4.8C4H6O4/c3*6-1-5(2-7,3-8)4-9;8*5-3(6)1-2-4(7)8/h3*6-9H,1-4H2;8*1-2H2,(H,5,6)(H,7,8). The minimum absolute atomic E-state index is 0.296. The molecule has 0 aliphatic heterocycles. The summed E-state index contributed by atoms with van der Waals surface area (Å²) < 4.78 is 0. The van der Waals surface area contributed by atoms with Crippen molar-refractivity contribution in [2.45, 2.75) is 103 Å². The van der Waals surface area contributed by atoms with Crippen LogP contribution in [0.1, 0.15) is 103 Å². The van der Waals surface area contributed by atoms with E-state index in [0.717, 1.165) is 0 Å². The van der Waals surface area contributed by atoms with Crippen LogP contribution < -0.4 is 0 Å². The first kappa shape index (κ1) is 107. The van der Waals surface area contributed by atoms with Gasteiger partial charge in [-0.3, -0.25) is 76.7 Å². The van der Waals surface area contributed by atoms with Gasteiger partial charge in [-0.2, -0.15) is 0 Å². The smallest absolute Gasteiger partial charge is 0.303 e. The number of hydrogen-bond donors (Lipinski definition) is 28. The van der Waals surface area contributed by atoms with Crippen LogP contribution in [0.5, 0.6) is 0 Å². The van der Waals surface area contributed by atoms with Crippen LogP contribution in [0.3, 0.4) is 0 Å². The van der Waals surface area contributed by atoms with E-state index < -0.39 is 191 Å². The first-order valence-electron chi connectivity index (χ1n) is 24.5. The van der Waals surface area contributed by atoms with Gasteiger partial charge in [0.25, 0.3) is 0 Å². The quantitative estimate of drug-likeness (QED) is 0.0277. The van der Waals surface area contributed by atoms with E-state index in [9.17, 15) is 76.7 Å². The third-order valence-corrected chi connectivity index (χ3v) is 8.45. The fourth-order valence-corrected chi connectivity index (χ4v) is 2.61. The van der Waals surface area contributed by atoms with Crippen molar-refractivity contribution in [2.75, 3.05) is 79.3 Å². The maximum atomic E-state index is 9.64. The minimum atomic E-state index is -1.11. The highest BCUT2D eigenvalue weighted by atomic mass is 16.4. The van der Waals surface area contributed by atoms with Crippen molar-refractivity contribution in [3.63, 3.8) is 0 Å². The van der Waals surface area contributed by atoms with Crippen molar-refractivity contribution in [2.24, 2.45) is 16.2 Å². The molecule has 0 unspecified atom stereocenters. The van der Waals surface area contributed by atoms with Gasteiger partial charge in [-0.05, 0) is 0 Å². The molecule has 44 heteroatoms. The topological polar surface area (TPSA) is 840 Å². The van der Waals surface area contributed by atoms with Crippen molar-refractivity contribution < 1.29 is 220 Å². The van der Waals surface area contributed by atoms with Crippen LogP contribution in [0.15, 0.2) is 0 Å². The monoisotopic (exact) mass is 1350 g/mol. The van der Waals surface area contributed by atoms with E-state index >= 15 is 0 Å². The summed E-state index contributed by atoms with van der Waals surface area (Å²) in [4.78, 5) is 154. The second-order valence-electron chi connectivity index (χ2n) is 16.7. The Kier molecular flexibility index (Phi) is 84.2. The van der Waals surface area contributed by atoms with Crippen molar-refractivity contribution in [3.05, 3.63) is 0 Å². The van der Waals surface area contributed by atoms with Gasteiger partial charge in [0.2, 0.25) is 0 Å². The van der Waals surface area contributed by atoms with Gasteiger partial charge in [0.05, 0.1) is 198 Å². The van der Waals surface area contributed by atoms with Crippen molar-refractivity contribution in [1.29, 1.82) is 0 Å². The Bertz CT molecular complexity index is 1490. The van der Waals surface area contributed by atoms with E-state index in [1.54, 1.807) is 0 Å². The third-order valence-electron chi connectivity index (χ3n) is 8.45. The summed E-state index contributed by atoms with van der Waals surface area (Å²) >= 11 is 0. The van der Waals surface area contributed by atoms with Crippen LogP contribution in [-0.4, -0.2) is 318 Å². The van der Waals surface area contributed by atoms with Crippen LogP contribution in [0.4, 0.5) is 0 Å². The van der Waals surface area contributed by atoms with Gasteiger partial charge in [0.15, 0.2) is 0 Å². The highest BCUT2D eigenvalue weighted by Gasteiger charge is 2.28. The molecular weight excluding hydrogens is 1270 g/mol. The first-order chi connectivity index (χ1) is 41.7. The van der Waals surface area contributed by atoms with Crippen molar-refractivity contribution >= 4 is 95.5 Å². The molecule has 0 rings (SSSR count). The van der Waals surface area contributed by atoms with Crippen LogP contribution in [0.2, 0.25) is 0 Å². The molecule has 0 radical (unpaired) electrons. The summed E-state index contributed by atoms with van der Waals surface area (Å²) in [5, 5.41) is 228. The third kappa shape index (κ3) is 113. The fraction of sp³-hybridized carbons (Fsp3) is 0.660. The molecule has 28 N–H and O–H groups in total. The number of carboxylic acid groups (broad SMARTS) is 16. The summed E-state index contributed by atoms with van der Waals surface area (Å²) in [5.74, 6) is -17.2. The van der Waals surface area contributed by atoms with E-state index in [0.29, 0.717) is 0 Å². The minimum Gasteiger partial charge on any atom is -0.481 e. The molecule has 0 spiro atoms. The molecule has 44 nitrogen and oxygen atoms in total. The number of aliphatic hydroxyl groups excluding tert-OH is 12. The summed E-state index contributed by atoms with van der Waals surface area (Å²) in [5.41, 5.74) is -3.33. The van der Waals surface area contributed by atoms with Crippen molar-refractivity contribution in [1.82, 2.24) is 0 Å². The number of carbonyl (C=O) groups is 16. The average molecular weight is 1350 g/mol. The molecule has 0 amide bonds. The van der Waals surface area contributed by atoms with Crippen LogP contribution in [0.25, 0.3) is 0 Å². The largest absolute Gasteiger partial charge is 0.481 e. The SMILES string of the molecule is O=C(O)CCC(=O)O.O=C(O)CCC(=O)O.O=C(O)CCC(=O)O.O=C(O)CCC(=O)O.O=C(O)CCC(=O)O.O=C(O)CCC(=O)O.O=C(O)CCC(=O)O.O=C(O)CCC(=O)O.OCC(CO)(CO)CO.OCC(CO)(CO)CO.OCC(CO)(CO)CO. The summed E-state index contributed by atoms with van der Waals surface area (Å²) in [6.45, 7) is -4.88. The maximum absolute atomic E-state index is 9.64. The molecule has 0 fully saturated rings. The highest BCUT2D eigenvalue weighted by Crippen LogP contribution is 2.13. The Labute approximate surface area is 512 Å². The Morgan fingerprint density at radius 1 is 0.132 bits per heavy atom. The maximum Gasteiger partial charge on any atom is 0.303 e. The molecule has 0 heterocycles. The van der Waals surface area contributed by atoms with Gasteiger partial charge in [0.1, 0.15) is 0 Å². The van der Waals surface area contributed by atoms with E-state index in [1.165, 1.54) is 0 Å². The molecule has 0 aromatic rings. The number of carboxylic acids is 16. The van der Waals surface area contributed by atoms with Crippen LogP contribution in [-0.2, 0) is 76.7 Å². The summed E-state index contributed by atoms with van der Waals surface area (Å²) in [6.07, 6.45) is -4.74. The number of aliphatic hydroxyl groups is 12. The lowest BCUT2D eigenvalue weighted by molar-refractivity contribution is -0.143. The van der Waals surface area contributed by atoms with E-state index in [1.807, 2.05) is 0 Å². The van der Waals surface area contributed by atoms with E-state index in [4.69, 9.17) is 143 Å². The van der Waals surface area contributed by atoms with Gasteiger partial charge in [0, 0.05) is 0 Å². The second kappa shape index (κ2) is 71.8. The average Bonchev–Trinajstić information content (AvgIpc) is 3.48. The predicted molar refractivity (Wildman–Crippen MR) is 288 cm³/mol. The molecule has 0 saturated carbocycles. The zero-order valence-corrected chi connectivity index (χ0v) is 48.4. The van der Waals surface area contributed by atoms with Gasteiger partial charge >= 0.3 is 95.5 Å². The zero-order valence-electron chi connectivity index (χ0n) is 48.4. The first-order valence-corrected chi connectivity index (χ1v) is 24.5. The molecule has 536 valence electrons. The number of hydrogen-bond acceptors (Lipinski definition) is 28. The molecule has 0 aliphatic carbocycles. The predicted octanol–water partition coefficient (Wildman–Crippen LogP) is -6.69. The fourth-order valence-electron chi connectivity index (χ4n) is 2.61. The normalized spacial score (nSPS) is 9.54. The van der Waals surface area contributed by atoms with Crippen LogP contribution >= 0.6 is 0 Å². The lowest BCUT2D eigenvalue weighted by Crippen LogP contribution is -2.37. The summed E-state index contributed by atoms with van der Waals surface area (Å²) in [7, 11) is 0. The van der Waals surface area contributed by atoms with E-state index in [2.05, 4.69) is 0 Å². The van der Waals surface area contributed by atoms with E-state index in [-0.39, 0.29) is 103 Å². The Morgan fingerprint density at radius 3 is 0.187 bits per heavy atom. The highest BCUT2D eigenvalue weighted by molar-refractivity contribution is 5.78. The molecule has 0 saturated heterocycles. The van der Waals surface area contributed by atoms with Gasteiger partial charge in [-0.1, -0.05) is 0 Å². The molecule has 0 aromatic heterocycles. The summed E-state index contributed by atoms with van der Waals surface area (Å²) in [6, 6.07) is 0. The van der Waals surface area contributed by atoms with Gasteiger partial charge in [-0.25, -0.2) is 0 Å². The number of rotatable bonds is 36. The Morgan fingerprint density at radius 2 is 0.176 bits per heavy atom. The Balaban J connectivity index is -0.0000000860. The van der Waals surface area contributed by atoms with Crippen LogP contribution in [0, 0.1) is 16.2 Å². The second-order valence-corrected chi connectivity index (χ2v) is 16.7. The molecule has 91 heavy (non-hydrogen) atoms. The number of aliphatic carboxylic acids is 16. The zero-order chi connectivity index (χ0) is 74.5. The molecule has 0 bridgehead atoms. The molecule has 0 atom stereocenters. The van der Waals surface area contributed by atoms with Crippen molar-refractivity contribution in [3.8, 4) is 0 Å². The van der Waals surface area contributed by atoms with Gasteiger partial charge < -0.3 is 143 Å².